The third kappa shape index (κ3) is 1.98. The van der Waals surface area contributed by atoms with Crippen molar-refractivity contribution >= 4 is 0 Å². The summed E-state index contributed by atoms with van der Waals surface area (Å²) in [5.74, 6) is 4.84. The fraction of sp³-hybridized carbons (Fsp3) is 1.00. The van der Waals surface area contributed by atoms with Crippen molar-refractivity contribution in [2.75, 3.05) is 0 Å². The Morgan fingerprint density at radius 3 is 1.73 bits per heavy atom. The molecule has 0 aromatic rings. The van der Waals surface area contributed by atoms with E-state index in [-0.39, 0.29) is 0 Å². The molecule has 1 aliphatic rings. The molecule has 0 N–H and O–H groups in total. The van der Waals surface area contributed by atoms with Gasteiger partial charge in [0.15, 0.2) is 0 Å². The Bertz CT molecular complexity index is 124. The van der Waals surface area contributed by atoms with Crippen molar-refractivity contribution in [3.8, 4) is 0 Å². The van der Waals surface area contributed by atoms with E-state index in [9.17, 15) is 0 Å². The molecule has 0 heteroatoms. The van der Waals surface area contributed by atoms with Gasteiger partial charge >= 0.3 is 0 Å². The lowest BCUT2D eigenvalue weighted by molar-refractivity contribution is 0.335. The number of hydrogen-bond acceptors (Lipinski definition) is 0. The molecule has 3 unspecified atom stereocenters. The third-order valence-electron chi connectivity index (χ3n) is 3.47. The van der Waals surface area contributed by atoms with Crippen LogP contribution in [0.15, 0.2) is 0 Å². The minimum Gasteiger partial charge on any atom is -0.0625 e. The fourth-order valence-corrected chi connectivity index (χ4v) is 2.10. The van der Waals surface area contributed by atoms with Crippen LogP contribution in [-0.4, -0.2) is 0 Å². The molecule has 0 aromatic heterocycles. The van der Waals surface area contributed by atoms with Gasteiger partial charge in [-0.1, -0.05) is 34.6 Å². The molecule has 0 heterocycles. The first kappa shape index (κ1) is 9.09. The summed E-state index contributed by atoms with van der Waals surface area (Å²) in [6, 6.07) is 0. The average molecular weight is 154 g/mol. The smallest absolute Gasteiger partial charge is 0.0352 e. The van der Waals surface area contributed by atoms with Crippen LogP contribution in [0.1, 0.15) is 41.0 Å². The van der Waals surface area contributed by atoms with E-state index >= 15 is 0 Å². The molecular weight excluding hydrogens is 132 g/mol. The highest BCUT2D eigenvalue weighted by atomic mass is 14.5. The fourth-order valence-electron chi connectivity index (χ4n) is 2.10. The Hall–Kier alpha value is 0. The van der Waals surface area contributed by atoms with Crippen LogP contribution in [0.4, 0.5) is 0 Å². The van der Waals surface area contributed by atoms with E-state index in [0.717, 1.165) is 29.6 Å². The van der Waals surface area contributed by atoms with Crippen LogP contribution in [0.25, 0.3) is 0 Å². The molecule has 3 atom stereocenters. The van der Waals surface area contributed by atoms with Crippen molar-refractivity contribution in [2.45, 2.75) is 41.0 Å². The standard InChI is InChI=1S/C11H22/c1-7(2)9(5)11-6-10(11)8(3)4/h7-11H,6H2,1-5H3. The molecule has 0 amide bonds. The summed E-state index contributed by atoms with van der Waals surface area (Å²) in [6.45, 7) is 11.8. The van der Waals surface area contributed by atoms with E-state index in [4.69, 9.17) is 0 Å². The van der Waals surface area contributed by atoms with Gasteiger partial charge < -0.3 is 0 Å². The van der Waals surface area contributed by atoms with E-state index in [1.54, 1.807) is 0 Å². The van der Waals surface area contributed by atoms with Gasteiger partial charge in [0, 0.05) is 0 Å². The average Bonchev–Trinajstić information content (AvgIpc) is 2.63. The van der Waals surface area contributed by atoms with Gasteiger partial charge in [0.25, 0.3) is 0 Å². The van der Waals surface area contributed by atoms with Gasteiger partial charge in [-0.3, -0.25) is 0 Å². The van der Waals surface area contributed by atoms with Crippen LogP contribution in [0.5, 0.6) is 0 Å². The van der Waals surface area contributed by atoms with Crippen LogP contribution in [0.3, 0.4) is 0 Å². The maximum atomic E-state index is 2.41. The van der Waals surface area contributed by atoms with E-state index < -0.39 is 0 Å². The van der Waals surface area contributed by atoms with Gasteiger partial charge in [-0.15, -0.1) is 0 Å². The predicted octanol–water partition coefficient (Wildman–Crippen LogP) is 3.57. The maximum absolute atomic E-state index is 2.41. The maximum Gasteiger partial charge on any atom is -0.0352 e. The Kier molecular flexibility index (Phi) is 2.61. The molecule has 1 saturated carbocycles. The minimum absolute atomic E-state index is 0.878. The quantitative estimate of drug-likeness (QED) is 0.583. The SMILES string of the molecule is CC(C)C(C)C1CC1C(C)C. The summed E-state index contributed by atoms with van der Waals surface area (Å²) >= 11 is 0. The zero-order chi connectivity index (χ0) is 8.59. The lowest BCUT2D eigenvalue weighted by atomic mass is 9.90. The van der Waals surface area contributed by atoms with Crippen LogP contribution >= 0.6 is 0 Å². The number of hydrogen-bond donors (Lipinski definition) is 0. The third-order valence-corrected chi connectivity index (χ3v) is 3.47. The zero-order valence-electron chi connectivity index (χ0n) is 8.59. The molecule has 0 aromatic carbocycles. The second kappa shape index (κ2) is 3.16. The first-order valence-corrected chi connectivity index (χ1v) is 5.04. The number of rotatable bonds is 3. The molecule has 1 fully saturated rings. The molecule has 0 nitrogen and oxygen atoms in total. The van der Waals surface area contributed by atoms with Crippen molar-refractivity contribution < 1.29 is 0 Å². The first-order chi connectivity index (χ1) is 5.04. The molecule has 1 rings (SSSR count). The van der Waals surface area contributed by atoms with E-state index in [0.29, 0.717) is 0 Å². The van der Waals surface area contributed by atoms with Crippen molar-refractivity contribution in [3.05, 3.63) is 0 Å². The lowest BCUT2D eigenvalue weighted by Gasteiger charge is -2.15. The van der Waals surface area contributed by atoms with Crippen LogP contribution in [0.2, 0.25) is 0 Å². The molecule has 0 spiro atoms. The lowest BCUT2D eigenvalue weighted by Crippen LogP contribution is -2.08. The van der Waals surface area contributed by atoms with Gasteiger partial charge in [0.2, 0.25) is 0 Å². The molecule has 66 valence electrons. The van der Waals surface area contributed by atoms with E-state index in [1.807, 2.05) is 0 Å². The molecule has 0 bridgehead atoms. The summed E-state index contributed by atoms with van der Waals surface area (Å²) in [6.07, 6.45) is 1.50. The van der Waals surface area contributed by atoms with E-state index in [1.165, 1.54) is 6.42 Å². The van der Waals surface area contributed by atoms with Crippen molar-refractivity contribution in [1.82, 2.24) is 0 Å². The van der Waals surface area contributed by atoms with E-state index in [2.05, 4.69) is 34.6 Å². The topological polar surface area (TPSA) is 0 Å². The second-order valence-corrected chi connectivity index (χ2v) is 4.91. The summed E-state index contributed by atoms with van der Waals surface area (Å²) in [4.78, 5) is 0. The largest absolute Gasteiger partial charge is 0.0625 e. The van der Waals surface area contributed by atoms with Gasteiger partial charge in [-0.05, 0) is 36.0 Å². The first-order valence-electron chi connectivity index (χ1n) is 5.04. The predicted molar refractivity (Wildman–Crippen MR) is 50.4 cm³/mol. The van der Waals surface area contributed by atoms with Gasteiger partial charge in [-0.2, -0.15) is 0 Å². The van der Waals surface area contributed by atoms with Crippen molar-refractivity contribution in [2.24, 2.45) is 29.6 Å². The monoisotopic (exact) mass is 154 g/mol. The Balaban J connectivity index is 2.31. The van der Waals surface area contributed by atoms with Gasteiger partial charge in [-0.25, -0.2) is 0 Å². The van der Waals surface area contributed by atoms with Crippen LogP contribution < -0.4 is 0 Å². The van der Waals surface area contributed by atoms with Gasteiger partial charge in [0.05, 0.1) is 0 Å². The highest BCUT2D eigenvalue weighted by Crippen LogP contribution is 2.50. The van der Waals surface area contributed by atoms with Crippen LogP contribution in [0, 0.1) is 29.6 Å². The van der Waals surface area contributed by atoms with Gasteiger partial charge in [0.1, 0.15) is 0 Å². The Labute approximate surface area is 71.4 Å². The molecule has 0 saturated heterocycles. The molecule has 0 aliphatic heterocycles. The molecule has 11 heavy (non-hydrogen) atoms. The van der Waals surface area contributed by atoms with Crippen molar-refractivity contribution in [3.63, 3.8) is 0 Å². The summed E-state index contributed by atoms with van der Waals surface area (Å²) < 4.78 is 0. The van der Waals surface area contributed by atoms with Crippen molar-refractivity contribution in [1.29, 1.82) is 0 Å². The molecule has 1 aliphatic carbocycles. The summed E-state index contributed by atoms with van der Waals surface area (Å²) in [5.41, 5.74) is 0. The highest BCUT2D eigenvalue weighted by molar-refractivity contribution is 4.92. The Morgan fingerprint density at radius 2 is 1.45 bits per heavy atom. The minimum atomic E-state index is 0.878. The molecular formula is C11H22. The zero-order valence-corrected chi connectivity index (χ0v) is 8.59. The second-order valence-electron chi connectivity index (χ2n) is 4.91. The summed E-state index contributed by atoms with van der Waals surface area (Å²) in [5, 5.41) is 0. The molecule has 0 radical (unpaired) electrons. The highest BCUT2D eigenvalue weighted by Gasteiger charge is 2.43. The van der Waals surface area contributed by atoms with Crippen LogP contribution in [-0.2, 0) is 0 Å². The normalized spacial score (nSPS) is 33.0. The summed E-state index contributed by atoms with van der Waals surface area (Å²) in [7, 11) is 0. The Morgan fingerprint density at radius 1 is 0.909 bits per heavy atom.